The van der Waals surface area contributed by atoms with Gasteiger partial charge in [-0.25, -0.2) is 0 Å². The number of benzene rings is 1. The number of hydrogen-bond donors (Lipinski definition) is 0. The van der Waals surface area contributed by atoms with Gasteiger partial charge in [-0.1, -0.05) is 24.3 Å². The first kappa shape index (κ1) is 17.1. The maximum atomic E-state index is 12.6. The molecule has 5 nitrogen and oxygen atoms in total. The molecule has 2 aromatic rings. The number of amides is 2. The Morgan fingerprint density at radius 2 is 1.86 bits per heavy atom. The molecule has 6 heteroatoms. The molecular weight excluding hydrogens is 370 g/mol. The fourth-order valence-electron chi connectivity index (χ4n) is 4.00. The zero-order valence-electron chi connectivity index (χ0n) is 15.5. The second-order valence-electron chi connectivity index (χ2n) is 7.20. The van der Waals surface area contributed by atoms with Crippen LogP contribution in [0, 0.1) is 0 Å². The van der Waals surface area contributed by atoms with Crippen molar-refractivity contribution in [2.45, 2.75) is 32.5 Å². The molecule has 2 amide bonds. The third-order valence-electron chi connectivity index (χ3n) is 5.39. The molecule has 0 fully saturated rings. The first-order chi connectivity index (χ1) is 13.6. The quantitative estimate of drug-likeness (QED) is 0.743. The predicted molar refractivity (Wildman–Crippen MR) is 109 cm³/mol. The lowest BCUT2D eigenvalue weighted by atomic mass is 10.1. The molecular formula is C22H19N3O2S. The Labute approximate surface area is 167 Å². The van der Waals surface area contributed by atoms with Crippen molar-refractivity contribution in [2.24, 2.45) is 4.99 Å². The number of hydrogen-bond acceptors (Lipinski definition) is 5. The van der Waals surface area contributed by atoms with E-state index >= 15 is 0 Å². The molecule has 2 aliphatic heterocycles. The summed E-state index contributed by atoms with van der Waals surface area (Å²) in [6.45, 7) is 3.12. The normalized spacial score (nSPS) is 20.4. The minimum absolute atomic E-state index is 0.210. The van der Waals surface area contributed by atoms with E-state index in [1.54, 1.807) is 35.6 Å². The van der Waals surface area contributed by atoms with Crippen molar-refractivity contribution in [3.05, 3.63) is 81.2 Å². The summed E-state index contributed by atoms with van der Waals surface area (Å²) in [5, 5.41) is 2.04. The van der Waals surface area contributed by atoms with Crippen molar-refractivity contribution in [3.63, 3.8) is 0 Å². The van der Waals surface area contributed by atoms with Crippen molar-refractivity contribution in [2.75, 3.05) is 0 Å². The minimum atomic E-state index is -0.210. The molecule has 0 N–H and O–H groups in total. The van der Waals surface area contributed by atoms with Crippen molar-refractivity contribution < 1.29 is 9.59 Å². The number of nitrogens with zero attached hydrogens (tertiary/aromatic N) is 3. The molecule has 140 valence electrons. The molecule has 1 atom stereocenters. The third-order valence-corrected chi connectivity index (χ3v) is 6.36. The van der Waals surface area contributed by atoms with Crippen LogP contribution >= 0.6 is 11.3 Å². The molecule has 0 bridgehead atoms. The van der Waals surface area contributed by atoms with Crippen LogP contribution in [0.5, 0.6) is 0 Å². The van der Waals surface area contributed by atoms with Crippen LogP contribution in [0.1, 0.15) is 44.5 Å². The van der Waals surface area contributed by atoms with Crippen molar-refractivity contribution in [3.8, 4) is 0 Å². The van der Waals surface area contributed by atoms with Crippen LogP contribution in [0.2, 0.25) is 0 Å². The van der Waals surface area contributed by atoms with Crippen molar-refractivity contribution in [1.82, 2.24) is 9.80 Å². The maximum Gasteiger partial charge on any atom is 0.261 e. The second kappa shape index (κ2) is 6.56. The van der Waals surface area contributed by atoms with E-state index in [-0.39, 0.29) is 17.9 Å². The Balaban J connectivity index is 1.32. The molecule has 28 heavy (non-hydrogen) atoms. The van der Waals surface area contributed by atoms with Gasteiger partial charge in [-0.2, -0.15) is 0 Å². The van der Waals surface area contributed by atoms with Crippen LogP contribution in [0.25, 0.3) is 0 Å². The monoisotopic (exact) mass is 389 g/mol. The highest BCUT2D eigenvalue weighted by atomic mass is 32.1. The number of imide groups is 1. The highest BCUT2D eigenvalue weighted by Crippen LogP contribution is 2.31. The predicted octanol–water partition coefficient (Wildman–Crippen LogP) is 3.99. The summed E-state index contributed by atoms with van der Waals surface area (Å²) < 4.78 is 0. The highest BCUT2D eigenvalue weighted by molar-refractivity contribution is 7.10. The van der Waals surface area contributed by atoms with Crippen LogP contribution in [0.3, 0.4) is 0 Å². The van der Waals surface area contributed by atoms with E-state index in [2.05, 4.69) is 29.2 Å². The van der Waals surface area contributed by atoms with E-state index in [4.69, 9.17) is 4.99 Å². The van der Waals surface area contributed by atoms with Gasteiger partial charge in [-0.15, -0.1) is 11.3 Å². The van der Waals surface area contributed by atoms with E-state index in [1.807, 2.05) is 12.3 Å². The molecule has 5 rings (SSSR count). The van der Waals surface area contributed by atoms with Crippen molar-refractivity contribution >= 4 is 29.0 Å². The van der Waals surface area contributed by atoms with Gasteiger partial charge in [-0.05, 0) is 48.6 Å². The standard InChI is InChI=1S/C22H19N3O2S/c1-14-23-19-8-4-5-9-20(19)24(14)12-16-10-15(13-28-16)11-25-21(26)17-6-2-3-7-18(17)22(25)27/h2-7,9-10,13,19H,8,11-12H2,1H3. The Morgan fingerprint density at radius 1 is 1.11 bits per heavy atom. The highest BCUT2D eigenvalue weighted by Gasteiger charge is 2.35. The van der Waals surface area contributed by atoms with Gasteiger partial charge in [0.2, 0.25) is 0 Å². The number of amidine groups is 1. The average Bonchev–Trinajstić information content (AvgIpc) is 3.35. The molecule has 0 saturated carbocycles. The zero-order chi connectivity index (χ0) is 19.3. The number of carbonyl (C=O) groups excluding carboxylic acids is 2. The fourth-order valence-corrected chi connectivity index (χ4v) is 4.86. The number of thiophene rings is 1. The summed E-state index contributed by atoms with van der Waals surface area (Å²) >= 11 is 1.66. The largest absolute Gasteiger partial charge is 0.327 e. The third kappa shape index (κ3) is 2.72. The summed E-state index contributed by atoms with van der Waals surface area (Å²) in [5.74, 6) is 0.617. The van der Waals surface area contributed by atoms with E-state index < -0.39 is 0 Å². The molecule has 1 aromatic carbocycles. The topological polar surface area (TPSA) is 53.0 Å². The number of carbonyl (C=O) groups is 2. The first-order valence-corrected chi connectivity index (χ1v) is 10.2. The SMILES string of the molecule is CC1=NC2CC=CC=C2N1Cc1cc(CN2C(=O)c3ccccc3C2=O)cs1. The van der Waals surface area contributed by atoms with Gasteiger partial charge in [0.1, 0.15) is 5.84 Å². The summed E-state index contributed by atoms with van der Waals surface area (Å²) in [6, 6.07) is 9.34. The molecule has 0 spiro atoms. The summed E-state index contributed by atoms with van der Waals surface area (Å²) in [4.78, 5) is 34.7. The molecule has 3 heterocycles. The summed E-state index contributed by atoms with van der Waals surface area (Å²) in [5.41, 5.74) is 3.22. The maximum absolute atomic E-state index is 12.6. The molecule has 0 radical (unpaired) electrons. The smallest absolute Gasteiger partial charge is 0.261 e. The van der Waals surface area contributed by atoms with E-state index in [9.17, 15) is 9.59 Å². The molecule has 1 aromatic heterocycles. The van der Waals surface area contributed by atoms with Gasteiger partial charge in [0.05, 0.1) is 30.3 Å². The molecule has 0 saturated heterocycles. The number of aliphatic imine (C=N–C) groups is 1. The average molecular weight is 389 g/mol. The Morgan fingerprint density at radius 3 is 2.61 bits per heavy atom. The minimum Gasteiger partial charge on any atom is -0.327 e. The van der Waals surface area contributed by atoms with Crippen molar-refractivity contribution in [1.29, 1.82) is 0 Å². The van der Waals surface area contributed by atoms with Gasteiger partial charge >= 0.3 is 0 Å². The van der Waals surface area contributed by atoms with Crippen LogP contribution in [0.4, 0.5) is 0 Å². The van der Waals surface area contributed by atoms with Gasteiger partial charge < -0.3 is 4.90 Å². The van der Waals surface area contributed by atoms with E-state index in [0.29, 0.717) is 17.7 Å². The molecule has 1 unspecified atom stereocenters. The van der Waals surface area contributed by atoms with E-state index in [0.717, 1.165) is 24.4 Å². The molecule has 1 aliphatic carbocycles. The fraction of sp³-hybridized carbons (Fsp3) is 0.227. The number of fused-ring (bicyclic) bond motifs is 2. The lowest BCUT2D eigenvalue weighted by molar-refractivity contribution is 0.0642. The van der Waals surface area contributed by atoms with Crippen LogP contribution in [-0.2, 0) is 13.1 Å². The lowest BCUT2D eigenvalue weighted by Gasteiger charge is -2.23. The summed E-state index contributed by atoms with van der Waals surface area (Å²) in [7, 11) is 0. The van der Waals surface area contributed by atoms with Gasteiger partial charge in [0, 0.05) is 10.6 Å². The zero-order valence-corrected chi connectivity index (χ0v) is 16.3. The summed E-state index contributed by atoms with van der Waals surface area (Å²) in [6.07, 6.45) is 7.34. The van der Waals surface area contributed by atoms with E-state index in [1.165, 1.54) is 15.5 Å². The van der Waals surface area contributed by atoms with Gasteiger partial charge in [0.25, 0.3) is 11.8 Å². The Kier molecular flexibility index (Phi) is 4.02. The van der Waals surface area contributed by atoms with Crippen LogP contribution in [-0.4, -0.2) is 33.5 Å². The van der Waals surface area contributed by atoms with Gasteiger partial charge in [0.15, 0.2) is 0 Å². The van der Waals surface area contributed by atoms with Crippen LogP contribution < -0.4 is 0 Å². The Hall–Kier alpha value is -2.99. The van der Waals surface area contributed by atoms with Gasteiger partial charge in [-0.3, -0.25) is 19.5 Å². The number of rotatable bonds is 4. The molecule has 3 aliphatic rings. The Bertz CT molecular complexity index is 1040. The first-order valence-electron chi connectivity index (χ1n) is 9.32. The second-order valence-corrected chi connectivity index (χ2v) is 8.19. The lowest BCUT2D eigenvalue weighted by Crippen LogP contribution is -2.28. The van der Waals surface area contributed by atoms with Crippen LogP contribution in [0.15, 0.2) is 64.6 Å². The number of allylic oxidation sites excluding steroid dienone is 2.